The van der Waals surface area contributed by atoms with E-state index in [0.717, 1.165) is 74.1 Å². The fraction of sp³-hybridized carbons (Fsp3) is 0.667. The maximum Gasteiger partial charge on any atom is 0.231 e. The van der Waals surface area contributed by atoms with Gasteiger partial charge in [0.25, 0.3) is 0 Å². The molecule has 39 heavy (non-hydrogen) atoms. The smallest absolute Gasteiger partial charge is 0.231 e. The minimum absolute atomic E-state index is 0.0432. The van der Waals surface area contributed by atoms with Crippen molar-refractivity contribution in [3.63, 3.8) is 0 Å². The van der Waals surface area contributed by atoms with Gasteiger partial charge in [-0.15, -0.1) is 0 Å². The number of hydrogen-bond donors (Lipinski definition) is 1. The Morgan fingerprint density at radius 1 is 1.13 bits per heavy atom. The average Bonchev–Trinajstić information content (AvgIpc) is 3.53. The highest BCUT2D eigenvalue weighted by Crippen LogP contribution is 2.65. The van der Waals surface area contributed by atoms with Crippen molar-refractivity contribution in [2.75, 3.05) is 27.5 Å². The molecule has 0 radical (unpaired) electrons. The van der Waals surface area contributed by atoms with E-state index in [0.29, 0.717) is 35.7 Å². The van der Waals surface area contributed by atoms with Crippen LogP contribution < -0.4 is 14.2 Å². The zero-order valence-corrected chi connectivity index (χ0v) is 23.9. The van der Waals surface area contributed by atoms with Crippen LogP contribution >= 0.6 is 0 Å². The predicted octanol–water partition coefficient (Wildman–Crippen LogP) is 5.77. The van der Waals surface area contributed by atoms with Crippen LogP contribution in [0.2, 0.25) is 0 Å². The largest absolute Gasteiger partial charge is 0.492 e. The number of carbonyl (C=O) groups is 1. The van der Waals surface area contributed by atoms with E-state index >= 15 is 0 Å². The molecule has 0 unspecified atom stereocenters. The summed E-state index contributed by atoms with van der Waals surface area (Å²) < 4.78 is 17.4. The highest BCUT2D eigenvalue weighted by Gasteiger charge is 2.57. The second-order valence-electron chi connectivity index (χ2n) is 13.6. The number of nitrogens with zero attached hydrogens (tertiary/aromatic N) is 1. The molecule has 1 aromatic rings. The normalized spacial score (nSPS) is 38.6. The Kier molecular flexibility index (Phi) is 5.99. The lowest BCUT2D eigenvalue weighted by atomic mass is 9.47. The maximum absolute atomic E-state index is 14.2. The number of methoxy groups -OCH3 is 1. The van der Waals surface area contributed by atoms with Crippen LogP contribution in [-0.2, 0) is 11.2 Å². The average molecular weight is 534 g/mol. The molecular weight excluding hydrogens is 490 g/mol. The van der Waals surface area contributed by atoms with Crippen LogP contribution in [-0.4, -0.2) is 49.4 Å². The van der Waals surface area contributed by atoms with Gasteiger partial charge in [0.2, 0.25) is 12.5 Å². The van der Waals surface area contributed by atoms with Crippen LogP contribution in [0.4, 0.5) is 0 Å². The number of ether oxygens (including phenoxy) is 3. The minimum atomic E-state index is -0.172. The molecule has 6 nitrogen and oxygen atoms in total. The van der Waals surface area contributed by atoms with Crippen LogP contribution in [0.15, 0.2) is 29.4 Å². The molecule has 0 saturated heterocycles. The SMILES string of the molecule is COc1c2c(cc3c1[C@@H](CC(=O)C1=CC[C@H]4[C@@H]5CC=C6C[C@H](O)CC[C@]6(C)[C@H]5CC[C@]14C)N(C)CC3)OCO2. The number of rotatable bonds is 4. The van der Waals surface area contributed by atoms with Crippen molar-refractivity contribution in [1.82, 2.24) is 4.90 Å². The molecule has 2 heterocycles. The summed E-state index contributed by atoms with van der Waals surface area (Å²) in [6.07, 6.45) is 13.2. The molecule has 0 spiro atoms. The van der Waals surface area contributed by atoms with Crippen molar-refractivity contribution in [3.05, 3.63) is 40.5 Å². The first-order chi connectivity index (χ1) is 18.7. The molecule has 1 aromatic carbocycles. The van der Waals surface area contributed by atoms with Crippen LogP contribution in [0.1, 0.15) is 82.4 Å². The van der Waals surface area contributed by atoms with E-state index in [2.05, 4.69) is 44.0 Å². The van der Waals surface area contributed by atoms with Gasteiger partial charge in [-0.3, -0.25) is 9.69 Å². The van der Waals surface area contributed by atoms with Crippen molar-refractivity contribution in [2.45, 2.75) is 83.8 Å². The van der Waals surface area contributed by atoms with Gasteiger partial charge in [0.05, 0.1) is 13.2 Å². The third-order valence-corrected chi connectivity index (χ3v) is 11.9. The number of hydrogen-bond acceptors (Lipinski definition) is 6. The summed E-state index contributed by atoms with van der Waals surface area (Å²) in [7, 11) is 3.81. The van der Waals surface area contributed by atoms with Gasteiger partial charge < -0.3 is 19.3 Å². The number of likely N-dealkylation sites (N-methyl/N-ethyl adjacent to an activating group) is 1. The Labute approximate surface area is 232 Å². The summed E-state index contributed by atoms with van der Waals surface area (Å²) in [6, 6.07) is 2.05. The fourth-order valence-electron chi connectivity index (χ4n) is 9.71. The Balaban J connectivity index is 1.15. The molecule has 0 bridgehead atoms. The van der Waals surface area contributed by atoms with Crippen LogP contribution in [0, 0.1) is 28.6 Å². The molecule has 6 heteroatoms. The van der Waals surface area contributed by atoms with Gasteiger partial charge in [0, 0.05) is 24.6 Å². The number of ketones is 1. The molecule has 6 aliphatic rings. The molecule has 4 aliphatic carbocycles. The molecule has 2 saturated carbocycles. The molecular formula is C33H43NO5. The minimum Gasteiger partial charge on any atom is -0.492 e. The Morgan fingerprint density at radius 2 is 1.95 bits per heavy atom. The lowest BCUT2D eigenvalue weighted by Crippen LogP contribution is -2.50. The lowest BCUT2D eigenvalue weighted by Gasteiger charge is -2.57. The number of aliphatic hydroxyl groups excluding tert-OH is 1. The van der Waals surface area contributed by atoms with Gasteiger partial charge in [-0.1, -0.05) is 31.6 Å². The molecule has 2 aliphatic heterocycles. The molecule has 210 valence electrons. The summed E-state index contributed by atoms with van der Waals surface area (Å²) in [5, 5.41) is 10.3. The Hall–Kier alpha value is -2.31. The van der Waals surface area contributed by atoms with Gasteiger partial charge in [-0.2, -0.15) is 0 Å². The topological polar surface area (TPSA) is 68.2 Å². The van der Waals surface area contributed by atoms with Crippen molar-refractivity contribution in [3.8, 4) is 17.2 Å². The number of aliphatic hydroxyl groups is 1. The third kappa shape index (κ3) is 3.70. The van der Waals surface area contributed by atoms with Crippen LogP contribution in [0.3, 0.4) is 0 Å². The van der Waals surface area contributed by atoms with E-state index in [4.69, 9.17) is 14.2 Å². The Bertz CT molecular complexity index is 1270. The van der Waals surface area contributed by atoms with Crippen LogP contribution in [0.5, 0.6) is 17.2 Å². The fourth-order valence-corrected chi connectivity index (χ4v) is 9.71. The van der Waals surface area contributed by atoms with E-state index in [1.165, 1.54) is 17.6 Å². The highest BCUT2D eigenvalue weighted by molar-refractivity contribution is 5.98. The van der Waals surface area contributed by atoms with E-state index in [-0.39, 0.29) is 29.8 Å². The highest BCUT2D eigenvalue weighted by atomic mass is 16.7. The van der Waals surface area contributed by atoms with Crippen molar-refractivity contribution < 1.29 is 24.1 Å². The Morgan fingerprint density at radius 3 is 2.77 bits per heavy atom. The number of benzene rings is 1. The molecule has 2 fully saturated rings. The summed E-state index contributed by atoms with van der Waals surface area (Å²) in [4.78, 5) is 16.5. The third-order valence-electron chi connectivity index (χ3n) is 11.9. The summed E-state index contributed by atoms with van der Waals surface area (Å²) >= 11 is 0. The first-order valence-corrected chi connectivity index (χ1v) is 15.1. The van der Waals surface area contributed by atoms with Crippen LogP contribution in [0.25, 0.3) is 0 Å². The van der Waals surface area contributed by atoms with E-state index in [1.54, 1.807) is 7.11 Å². The first kappa shape index (κ1) is 25.6. The van der Waals surface area contributed by atoms with Gasteiger partial charge in [-0.05, 0) is 104 Å². The van der Waals surface area contributed by atoms with E-state index in [9.17, 15) is 9.90 Å². The lowest BCUT2D eigenvalue weighted by molar-refractivity contribution is -0.119. The molecule has 7 rings (SSSR count). The molecule has 0 amide bonds. The standard InChI is InChI=1S/C33H43NO5/c1-32-12-9-21(35)16-20(32)5-6-22-23-7-8-25(33(23,2)13-10-24(22)32)27(36)17-26-29-19(11-14-34(26)3)15-28-30(31(29)37-4)39-18-38-28/h5,8,15,21-24,26,35H,6-7,9-14,16-18H2,1-4H3/t21-,22+,23+,24+,26-,32+,33+/m1/s1. The van der Waals surface area contributed by atoms with Gasteiger partial charge in [0.1, 0.15) is 0 Å². The molecule has 1 N–H and O–H groups in total. The summed E-state index contributed by atoms with van der Waals surface area (Å²) in [6.45, 7) is 5.96. The quantitative estimate of drug-likeness (QED) is 0.496. The number of carbonyl (C=O) groups excluding carboxylic acids is 1. The van der Waals surface area contributed by atoms with E-state index in [1.807, 2.05) is 0 Å². The van der Waals surface area contributed by atoms with Crippen molar-refractivity contribution >= 4 is 5.78 Å². The number of Topliss-reactive ketones (excluding diaryl/α,β-unsaturated/α-hetero) is 1. The number of allylic oxidation sites excluding steroid dienone is 3. The van der Waals surface area contributed by atoms with Crippen molar-refractivity contribution in [1.29, 1.82) is 0 Å². The van der Waals surface area contributed by atoms with Gasteiger partial charge in [0.15, 0.2) is 17.3 Å². The molecule has 7 atom stereocenters. The first-order valence-electron chi connectivity index (χ1n) is 15.1. The zero-order valence-electron chi connectivity index (χ0n) is 23.9. The maximum atomic E-state index is 14.2. The van der Waals surface area contributed by atoms with Crippen molar-refractivity contribution in [2.24, 2.45) is 28.6 Å². The van der Waals surface area contributed by atoms with Gasteiger partial charge in [-0.25, -0.2) is 0 Å². The zero-order chi connectivity index (χ0) is 27.1. The van der Waals surface area contributed by atoms with E-state index < -0.39 is 0 Å². The molecule has 0 aromatic heterocycles. The second-order valence-corrected chi connectivity index (χ2v) is 13.6. The summed E-state index contributed by atoms with van der Waals surface area (Å²) in [5.41, 5.74) is 5.03. The summed E-state index contributed by atoms with van der Waals surface area (Å²) in [5.74, 6) is 4.24. The number of fused-ring (bicyclic) bond motifs is 7. The second kappa shape index (κ2) is 9.10. The monoisotopic (exact) mass is 533 g/mol. The van der Waals surface area contributed by atoms with Gasteiger partial charge >= 0.3 is 0 Å². The predicted molar refractivity (Wildman–Crippen MR) is 149 cm³/mol.